The molecule has 0 saturated carbocycles. The molecule has 0 atom stereocenters. The molecule has 4 N–H and O–H groups in total. The first-order chi connectivity index (χ1) is 9.74. The van der Waals surface area contributed by atoms with Crippen molar-refractivity contribution in [2.45, 2.75) is 6.54 Å². The highest BCUT2D eigenvalue weighted by Crippen LogP contribution is 2.18. The Morgan fingerprint density at radius 3 is 3.05 bits per heavy atom. The number of nitrogen functional groups attached to an aromatic ring is 1. The first-order valence-electron chi connectivity index (χ1n) is 6.22. The average molecular weight is 269 g/mol. The standard InChI is InChI=1S/C14H15N5O/c1-20-13-6-9(4-5-16-13)8-17-14-18-11-3-2-10(15)7-12(11)19-14/h2-7H,8,15H2,1H3,(H2,17,18,19). The monoisotopic (exact) mass is 269 g/mol. The molecule has 0 fully saturated rings. The van der Waals surface area contributed by atoms with Gasteiger partial charge in [0.15, 0.2) is 0 Å². The highest BCUT2D eigenvalue weighted by atomic mass is 16.5. The van der Waals surface area contributed by atoms with Gasteiger partial charge in [-0.3, -0.25) is 0 Å². The van der Waals surface area contributed by atoms with Gasteiger partial charge in [0.1, 0.15) is 0 Å². The Morgan fingerprint density at radius 2 is 2.20 bits per heavy atom. The summed E-state index contributed by atoms with van der Waals surface area (Å²) in [6, 6.07) is 9.40. The summed E-state index contributed by atoms with van der Waals surface area (Å²) >= 11 is 0. The van der Waals surface area contributed by atoms with Crippen molar-refractivity contribution in [2.24, 2.45) is 0 Å². The third kappa shape index (κ3) is 2.49. The van der Waals surface area contributed by atoms with Gasteiger partial charge in [-0.05, 0) is 29.8 Å². The molecule has 6 heteroatoms. The molecule has 0 aliphatic carbocycles. The molecule has 0 amide bonds. The van der Waals surface area contributed by atoms with Crippen molar-refractivity contribution in [3.63, 3.8) is 0 Å². The minimum Gasteiger partial charge on any atom is -0.481 e. The normalized spacial score (nSPS) is 10.7. The number of aromatic nitrogens is 3. The first-order valence-corrected chi connectivity index (χ1v) is 6.22. The van der Waals surface area contributed by atoms with Crippen LogP contribution in [-0.4, -0.2) is 22.1 Å². The summed E-state index contributed by atoms with van der Waals surface area (Å²) in [7, 11) is 1.60. The van der Waals surface area contributed by atoms with Gasteiger partial charge >= 0.3 is 0 Å². The molecule has 0 aliphatic heterocycles. The molecule has 0 saturated heterocycles. The van der Waals surface area contributed by atoms with Crippen molar-refractivity contribution in [3.05, 3.63) is 42.1 Å². The zero-order chi connectivity index (χ0) is 13.9. The Kier molecular flexibility index (Phi) is 3.12. The molecule has 102 valence electrons. The Bertz CT molecular complexity index is 737. The molecule has 2 heterocycles. The van der Waals surface area contributed by atoms with Crippen LogP contribution in [0, 0.1) is 0 Å². The second-order valence-electron chi connectivity index (χ2n) is 4.42. The van der Waals surface area contributed by atoms with Crippen LogP contribution < -0.4 is 15.8 Å². The van der Waals surface area contributed by atoms with Crippen LogP contribution in [0.25, 0.3) is 11.0 Å². The molecule has 1 aromatic carbocycles. The van der Waals surface area contributed by atoms with Gasteiger partial charge < -0.3 is 20.8 Å². The number of imidazole rings is 1. The lowest BCUT2D eigenvalue weighted by molar-refractivity contribution is 0.397. The second-order valence-corrected chi connectivity index (χ2v) is 4.42. The topological polar surface area (TPSA) is 88.9 Å². The maximum absolute atomic E-state index is 5.74. The van der Waals surface area contributed by atoms with Gasteiger partial charge in [0.2, 0.25) is 11.8 Å². The number of H-pyrrole nitrogens is 1. The molecule has 0 bridgehead atoms. The number of methoxy groups -OCH3 is 1. The third-order valence-corrected chi connectivity index (χ3v) is 2.97. The third-order valence-electron chi connectivity index (χ3n) is 2.97. The maximum atomic E-state index is 5.74. The molecule has 3 aromatic rings. The summed E-state index contributed by atoms with van der Waals surface area (Å²) in [6.07, 6.45) is 1.72. The Morgan fingerprint density at radius 1 is 1.30 bits per heavy atom. The molecule has 3 rings (SSSR count). The van der Waals surface area contributed by atoms with Crippen molar-refractivity contribution in [2.75, 3.05) is 18.2 Å². The molecule has 2 aromatic heterocycles. The predicted octanol–water partition coefficient (Wildman–Crippen LogP) is 2.16. The van der Waals surface area contributed by atoms with Gasteiger partial charge in [0.25, 0.3) is 0 Å². The SMILES string of the molecule is COc1cc(CNc2nc3ccc(N)cc3[nH]2)ccn1. The van der Waals surface area contributed by atoms with E-state index in [4.69, 9.17) is 10.5 Å². The highest BCUT2D eigenvalue weighted by molar-refractivity contribution is 5.80. The van der Waals surface area contributed by atoms with Crippen molar-refractivity contribution in [1.82, 2.24) is 15.0 Å². The van der Waals surface area contributed by atoms with E-state index in [2.05, 4.69) is 20.3 Å². The fourth-order valence-electron chi connectivity index (χ4n) is 1.97. The van der Waals surface area contributed by atoms with Crippen LogP contribution in [0.2, 0.25) is 0 Å². The summed E-state index contributed by atoms with van der Waals surface area (Å²) in [5.41, 5.74) is 9.32. The molecule has 0 aliphatic rings. The number of fused-ring (bicyclic) bond motifs is 1. The summed E-state index contributed by atoms with van der Waals surface area (Å²) < 4.78 is 5.09. The number of nitrogens with zero attached hydrogens (tertiary/aromatic N) is 2. The Hall–Kier alpha value is -2.76. The van der Waals surface area contributed by atoms with Crippen LogP contribution in [0.4, 0.5) is 11.6 Å². The predicted molar refractivity (Wildman–Crippen MR) is 78.6 cm³/mol. The fraction of sp³-hybridized carbons (Fsp3) is 0.143. The van der Waals surface area contributed by atoms with E-state index in [0.29, 0.717) is 24.1 Å². The average Bonchev–Trinajstić information content (AvgIpc) is 2.87. The number of nitrogens with one attached hydrogen (secondary N) is 2. The van der Waals surface area contributed by atoms with Crippen LogP contribution in [0.15, 0.2) is 36.5 Å². The van der Waals surface area contributed by atoms with E-state index in [1.165, 1.54) is 0 Å². The number of hydrogen-bond donors (Lipinski definition) is 3. The summed E-state index contributed by atoms with van der Waals surface area (Å²) in [5.74, 6) is 1.31. The molecular formula is C14H15N5O. The number of benzene rings is 1. The second kappa shape index (κ2) is 5.08. The first kappa shape index (κ1) is 12.3. The summed E-state index contributed by atoms with van der Waals surface area (Å²) in [5, 5.41) is 3.23. The van der Waals surface area contributed by atoms with Crippen LogP contribution in [-0.2, 0) is 6.54 Å². The van der Waals surface area contributed by atoms with E-state index >= 15 is 0 Å². The maximum Gasteiger partial charge on any atom is 0.213 e. The van der Waals surface area contributed by atoms with Crippen molar-refractivity contribution >= 4 is 22.7 Å². The largest absolute Gasteiger partial charge is 0.481 e. The Balaban J connectivity index is 1.76. The van der Waals surface area contributed by atoms with Crippen LogP contribution >= 0.6 is 0 Å². The van der Waals surface area contributed by atoms with E-state index in [1.807, 2.05) is 30.3 Å². The molecule has 6 nitrogen and oxygen atoms in total. The quantitative estimate of drug-likeness (QED) is 0.632. The zero-order valence-electron chi connectivity index (χ0n) is 11.1. The van der Waals surface area contributed by atoms with Crippen molar-refractivity contribution in [3.8, 4) is 5.88 Å². The number of rotatable bonds is 4. The van der Waals surface area contributed by atoms with Crippen molar-refractivity contribution < 1.29 is 4.74 Å². The van der Waals surface area contributed by atoms with Crippen molar-refractivity contribution in [1.29, 1.82) is 0 Å². The summed E-state index contributed by atoms with van der Waals surface area (Å²) in [4.78, 5) is 11.7. The van der Waals surface area contributed by atoms with Crippen LogP contribution in [0.5, 0.6) is 5.88 Å². The lowest BCUT2D eigenvalue weighted by atomic mass is 10.2. The molecule has 0 spiro atoms. The van der Waals surface area contributed by atoms with E-state index in [1.54, 1.807) is 13.3 Å². The fourth-order valence-corrected chi connectivity index (χ4v) is 1.97. The van der Waals surface area contributed by atoms with Gasteiger partial charge in [0.05, 0.1) is 18.1 Å². The zero-order valence-corrected chi connectivity index (χ0v) is 11.1. The van der Waals surface area contributed by atoms with Gasteiger partial charge in [-0.2, -0.15) is 0 Å². The highest BCUT2D eigenvalue weighted by Gasteiger charge is 2.03. The number of hydrogen-bond acceptors (Lipinski definition) is 5. The van der Waals surface area contributed by atoms with E-state index in [0.717, 1.165) is 16.6 Å². The van der Waals surface area contributed by atoms with Gasteiger partial charge in [0, 0.05) is 24.5 Å². The number of pyridine rings is 1. The lowest BCUT2D eigenvalue weighted by Crippen LogP contribution is -2.01. The van der Waals surface area contributed by atoms with E-state index in [9.17, 15) is 0 Å². The number of anilines is 2. The van der Waals surface area contributed by atoms with Crippen LogP contribution in [0.3, 0.4) is 0 Å². The molecular weight excluding hydrogens is 254 g/mol. The molecule has 0 radical (unpaired) electrons. The Labute approximate surface area is 116 Å². The number of nitrogens with two attached hydrogens (primary N) is 1. The van der Waals surface area contributed by atoms with Gasteiger partial charge in [-0.15, -0.1) is 0 Å². The minimum atomic E-state index is 0.599. The smallest absolute Gasteiger partial charge is 0.213 e. The summed E-state index contributed by atoms with van der Waals surface area (Å²) in [6.45, 7) is 0.633. The van der Waals surface area contributed by atoms with Crippen LogP contribution in [0.1, 0.15) is 5.56 Å². The minimum absolute atomic E-state index is 0.599. The van der Waals surface area contributed by atoms with E-state index < -0.39 is 0 Å². The molecule has 0 unspecified atom stereocenters. The number of ether oxygens (including phenoxy) is 1. The van der Waals surface area contributed by atoms with Gasteiger partial charge in [-0.25, -0.2) is 9.97 Å². The number of aromatic amines is 1. The van der Waals surface area contributed by atoms with Gasteiger partial charge in [-0.1, -0.05) is 0 Å². The lowest BCUT2D eigenvalue weighted by Gasteiger charge is -2.04. The molecule has 20 heavy (non-hydrogen) atoms. The van der Waals surface area contributed by atoms with E-state index in [-0.39, 0.29) is 0 Å².